The Morgan fingerprint density at radius 2 is 1.78 bits per heavy atom. The molecule has 5 atom stereocenters. The summed E-state index contributed by atoms with van der Waals surface area (Å²) >= 11 is 6.33. The van der Waals surface area contributed by atoms with Crippen molar-refractivity contribution in [2.45, 2.75) is 89.4 Å². The molecule has 8 rings (SSSR count). The van der Waals surface area contributed by atoms with Crippen molar-refractivity contribution in [1.82, 2.24) is 25.1 Å². The van der Waals surface area contributed by atoms with Crippen LogP contribution in [0.5, 0.6) is 0 Å². The van der Waals surface area contributed by atoms with Gasteiger partial charge in [0.25, 0.3) is 0 Å². The first-order valence-electron chi connectivity index (χ1n) is 17.1. The van der Waals surface area contributed by atoms with Gasteiger partial charge in [-0.3, -0.25) is 9.69 Å². The van der Waals surface area contributed by atoms with Crippen molar-refractivity contribution in [3.63, 3.8) is 0 Å². The lowest BCUT2D eigenvalue weighted by molar-refractivity contribution is -0.131. The minimum atomic E-state index is 0.212. The summed E-state index contributed by atoms with van der Waals surface area (Å²) < 4.78 is 0. The summed E-state index contributed by atoms with van der Waals surface area (Å²) in [7, 11) is 0. The molecule has 9 nitrogen and oxygen atoms in total. The molecule has 1 saturated heterocycles. The van der Waals surface area contributed by atoms with Crippen LogP contribution in [0.15, 0.2) is 30.5 Å². The van der Waals surface area contributed by atoms with Crippen LogP contribution < -0.4 is 16.0 Å². The normalized spacial score (nSPS) is 32.7. The second-order valence-corrected chi connectivity index (χ2v) is 15.0. The van der Waals surface area contributed by atoms with Gasteiger partial charge in [-0.25, -0.2) is 4.98 Å². The Kier molecular flexibility index (Phi) is 8.91. The minimum Gasteiger partial charge on any atom is -0.368 e. The van der Waals surface area contributed by atoms with Crippen LogP contribution in [-0.4, -0.2) is 76.5 Å². The molecule has 0 spiro atoms. The van der Waals surface area contributed by atoms with Gasteiger partial charge in [0.2, 0.25) is 11.9 Å². The lowest BCUT2D eigenvalue weighted by Crippen LogP contribution is -2.61. The SMILES string of the molecule is CC(=O)N1CCN(C2CCC(NC3[C@@H]4CC5C[C@H]3CC(CNc3nc(NCc6ccccc6Cl)ncc3C#N)(C5)C4)CC2)CC1. The van der Waals surface area contributed by atoms with E-state index < -0.39 is 0 Å². The van der Waals surface area contributed by atoms with Crippen LogP contribution in [0.1, 0.15) is 75.8 Å². The summed E-state index contributed by atoms with van der Waals surface area (Å²) in [5, 5.41) is 21.6. The van der Waals surface area contributed by atoms with E-state index in [0.29, 0.717) is 47.0 Å². The molecular weight excluding hydrogens is 584 g/mol. The van der Waals surface area contributed by atoms with Crippen molar-refractivity contribution in [2.75, 3.05) is 43.4 Å². The second kappa shape index (κ2) is 13.1. The highest BCUT2D eigenvalue weighted by Crippen LogP contribution is 2.60. The Labute approximate surface area is 272 Å². The first-order chi connectivity index (χ1) is 21.9. The molecule has 1 aromatic heterocycles. The fourth-order valence-corrected chi connectivity index (χ4v) is 9.94. The predicted molar refractivity (Wildman–Crippen MR) is 177 cm³/mol. The highest BCUT2D eigenvalue weighted by molar-refractivity contribution is 6.31. The summed E-state index contributed by atoms with van der Waals surface area (Å²) in [4.78, 5) is 25.5. The summed E-state index contributed by atoms with van der Waals surface area (Å²) in [6.07, 6.45) is 13.2. The number of benzene rings is 1. The Morgan fingerprint density at radius 1 is 1.04 bits per heavy atom. The van der Waals surface area contributed by atoms with E-state index in [4.69, 9.17) is 16.6 Å². The third kappa shape index (κ3) is 6.65. The molecule has 4 bridgehead atoms. The van der Waals surface area contributed by atoms with Gasteiger partial charge in [0.15, 0.2) is 0 Å². The average molecular weight is 631 g/mol. The Bertz CT molecular complexity index is 1400. The van der Waals surface area contributed by atoms with Gasteiger partial charge in [-0.2, -0.15) is 10.2 Å². The summed E-state index contributed by atoms with van der Waals surface area (Å²) in [5.74, 6) is 3.63. The van der Waals surface area contributed by atoms with Gasteiger partial charge in [0.05, 0.1) is 6.20 Å². The molecule has 5 aliphatic carbocycles. The molecule has 10 heteroatoms. The van der Waals surface area contributed by atoms with E-state index in [1.807, 2.05) is 29.2 Å². The van der Waals surface area contributed by atoms with Gasteiger partial charge in [-0.05, 0) is 92.6 Å². The molecule has 0 radical (unpaired) electrons. The summed E-state index contributed by atoms with van der Waals surface area (Å²) in [6, 6.07) is 12.0. The van der Waals surface area contributed by atoms with E-state index in [9.17, 15) is 10.1 Å². The van der Waals surface area contributed by atoms with Crippen molar-refractivity contribution in [3.05, 3.63) is 46.6 Å². The smallest absolute Gasteiger partial charge is 0.224 e. The van der Waals surface area contributed by atoms with E-state index in [1.165, 1.54) is 57.8 Å². The zero-order chi connectivity index (χ0) is 31.0. The van der Waals surface area contributed by atoms with Crippen molar-refractivity contribution in [3.8, 4) is 6.07 Å². The number of carbonyl (C=O) groups excluding carboxylic acids is 1. The number of carbonyl (C=O) groups is 1. The first-order valence-corrected chi connectivity index (χ1v) is 17.5. The van der Waals surface area contributed by atoms with Crippen molar-refractivity contribution in [2.24, 2.45) is 23.2 Å². The summed E-state index contributed by atoms with van der Waals surface area (Å²) in [6.45, 7) is 6.89. The van der Waals surface area contributed by atoms with Crippen molar-refractivity contribution in [1.29, 1.82) is 5.26 Å². The van der Waals surface area contributed by atoms with Crippen LogP contribution in [0.2, 0.25) is 5.02 Å². The molecule has 1 amide bonds. The topological polar surface area (TPSA) is 109 Å². The number of piperazine rings is 1. The Hall–Kier alpha value is -2.93. The number of nitrogens with zero attached hydrogens (tertiary/aromatic N) is 5. The zero-order valence-electron chi connectivity index (χ0n) is 26.5. The number of aromatic nitrogens is 2. The number of hydrogen-bond donors (Lipinski definition) is 3. The maximum absolute atomic E-state index is 11.7. The lowest BCUT2D eigenvalue weighted by Gasteiger charge is -2.61. The Balaban J connectivity index is 0.929. The number of nitriles is 1. The molecule has 2 heterocycles. The van der Waals surface area contributed by atoms with Crippen LogP contribution in [0, 0.1) is 34.5 Å². The molecule has 1 aromatic carbocycles. The van der Waals surface area contributed by atoms with E-state index in [-0.39, 0.29) is 11.3 Å². The quantitative estimate of drug-likeness (QED) is 0.343. The third-order valence-electron chi connectivity index (χ3n) is 11.7. The molecule has 1 aliphatic heterocycles. The van der Waals surface area contributed by atoms with E-state index in [0.717, 1.165) is 56.0 Å². The number of rotatable bonds is 9. The number of amides is 1. The predicted octanol–water partition coefficient (Wildman–Crippen LogP) is 5.29. The number of halogens is 1. The van der Waals surface area contributed by atoms with Crippen LogP contribution in [-0.2, 0) is 11.3 Å². The molecule has 5 saturated carbocycles. The van der Waals surface area contributed by atoms with Gasteiger partial charge >= 0.3 is 0 Å². The molecule has 3 unspecified atom stereocenters. The van der Waals surface area contributed by atoms with E-state index in [1.54, 1.807) is 13.1 Å². The van der Waals surface area contributed by atoms with Crippen LogP contribution in [0.4, 0.5) is 11.8 Å². The molecule has 2 aromatic rings. The molecule has 45 heavy (non-hydrogen) atoms. The number of nitrogens with one attached hydrogen (secondary N) is 3. The van der Waals surface area contributed by atoms with Gasteiger partial charge in [0.1, 0.15) is 17.5 Å². The highest BCUT2D eigenvalue weighted by Gasteiger charge is 2.55. The standard InChI is InChI=1S/C35H47ClN8O/c1-23(45)43-10-12-44(13-11-43)30-8-6-29(7-9-30)41-32-26-14-24-15-27(32)18-35(16-24,17-26)22-40-33-28(19-37)21-39-34(42-33)38-20-25-4-2-3-5-31(25)36/h2-5,21,24,26-27,29-30,32,41H,6-18,20,22H2,1H3,(H2,38,39,40,42)/t24?,26-,27+,29?,30?,32?,35?. The van der Waals surface area contributed by atoms with Crippen molar-refractivity contribution < 1.29 is 4.79 Å². The fraction of sp³-hybridized carbons (Fsp3) is 0.657. The minimum absolute atomic E-state index is 0.212. The maximum Gasteiger partial charge on any atom is 0.224 e. The first kappa shape index (κ1) is 30.7. The molecule has 6 aliphatic rings. The van der Waals surface area contributed by atoms with Crippen LogP contribution in [0.3, 0.4) is 0 Å². The second-order valence-electron chi connectivity index (χ2n) is 14.6. The van der Waals surface area contributed by atoms with E-state index >= 15 is 0 Å². The van der Waals surface area contributed by atoms with Crippen LogP contribution >= 0.6 is 11.6 Å². The maximum atomic E-state index is 11.7. The third-order valence-corrected chi connectivity index (χ3v) is 12.1. The molecule has 6 fully saturated rings. The summed E-state index contributed by atoms with van der Waals surface area (Å²) in [5.41, 5.74) is 1.74. The highest BCUT2D eigenvalue weighted by atomic mass is 35.5. The van der Waals surface area contributed by atoms with Crippen LogP contribution in [0.25, 0.3) is 0 Å². The fourth-order valence-electron chi connectivity index (χ4n) is 9.73. The largest absolute Gasteiger partial charge is 0.368 e. The zero-order valence-corrected chi connectivity index (χ0v) is 27.2. The average Bonchev–Trinajstić information content (AvgIpc) is 3.05. The monoisotopic (exact) mass is 630 g/mol. The van der Waals surface area contributed by atoms with Crippen molar-refractivity contribution >= 4 is 29.3 Å². The lowest BCUT2D eigenvalue weighted by atomic mass is 9.47. The molecule has 240 valence electrons. The molecule has 3 N–H and O–H groups in total. The Morgan fingerprint density at radius 3 is 2.47 bits per heavy atom. The van der Waals surface area contributed by atoms with Gasteiger partial charge < -0.3 is 20.9 Å². The number of anilines is 2. The molecular formula is C35H47ClN8O. The van der Waals surface area contributed by atoms with E-state index in [2.05, 4.69) is 31.9 Å². The van der Waals surface area contributed by atoms with Gasteiger partial charge in [-0.1, -0.05) is 29.8 Å². The number of hydrogen-bond acceptors (Lipinski definition) is 8. The van der Waals surface area contributed by atoms with Gasteiger partial charge in [0, 0.05) is 69.3 Å². The van der Waals surface area contributed by atoms with Gasteiger partial charge in [-0.15, -0.1) is 0 Å².